The maximum Gasteiger partial charge on any atom is 0.331 e. The second-order valence-electron chi connectivity index (χ2n) is 2.73. The van der Waals surface area contributed by atoms with Gasteiger partial charge in [0, 0.05) is 6.42 Å². The number of carbonyl (C=O) groups is 3. The van der Waals surface area contributed by atoms with Crippen LogP contribution >= 0.6 is 0 Å². The van der Waals surface area contributed by atoms with E-state index in [1.165, 1.54) is 0 Å². The van der Waals surface area contributed by atoms with E-state index in [-0.39, 0.29) is 0 Å². The summed E-state index contributed by atoms with van der Waals surface area (Å²) in [6.07, 6.45) is -0.838. The molecule has 1 unspecified atom stereocenters. The Morgan fingerprint density at radius 1 is 1.31 bits per heavy atom. The van der Waals surface area contributed by atoms with E-state index in [0.29, 0.717) is 0 Å². The SMILES string of the molecule is CC(=O)C(N)(CCC(=O)O)C(=O)O. The van der Waals surface area contributed by atoms with Crippen molar-refractivity contribution in [1.29, 1.82) is 0 Å². The summed E-state index contributed by atoms with van der Waals surface area (Å²) in [7, 11) is 0. The molecule has 0 amide bonds. The van der Waals surface area contributed by atoms with Crippen molar-refractivity contribution in [3.05, 3.63) is 0 Å². The van der Waals surface area contributed by atoms with Crippen molar-refractivity contribution < 1.29 is 24.6 Å². The van der Waals surface area contributed by atoms with Crippen molar-refractivity contribution in [2.45, 2.75) is 25.3 Å². The Morgan fingerprint density at radius 3 is 2.00 bits per heavy atom. The van der Waals surface area contributed by atoms with E-state index in [9.17, 15) is 14.4 Å². The van der Waals surface area contributed by atoms with Gasteiger partial charge in [0.1, 0.15) is 0 Å². The van der Waals surface area contributed by atoms with E-state index in [4.69, 9.17) is 15.9 Å². The molecule has 0 fully saturated rings. The Balaban J connectivity index is 4.52. The van der Waals surface area contributed by atoms with Crippen LogP contribution in [0.4, 0.5) is 0 Å². The molecule has 4 N–H and O–H groups in total. The number of hydrogen-bond acceptors (Lipinski definition) is 4. The number of hydrogen-bond donors (Lipinski definition) is 3. The van der Waals surface area contributed by atoms with Gasteiger partial charge in [-0.1, -0.05) is 0 Å². The van der Waals surface area contributed by atoms with Crippen LogP contribution in [0.25, 0.3) is 0 Å². The minimum absolute atomic E-state index is 0.396. The molecule has 0 rings (SSSR count). The number of nitrogens with two attached hydrogens (primary N) is 1. The van der Waals surface area contributed by atoms with Gasteiger partial charge < -0.3 is 15.9 Å². The van der Waals surface area contributed by atoms with Gasteiger partial charge in [0.15, 0.2) is 11.3 Å². The van der Waals surface area contributed by atoms with Crippen molar-refractivity contribution in [2.24, 2.45) is 5.73 Å². The monoisotopic (exact) mass is 189 g/mol. The standard InChI is InChI=1S/C7H11NO5/c1-4(9)7(8,6(12)13)3-2-5(10)11/h2-3,8H2,1H3,(H,10,11)(H,12,13). The molecule has 1 atom stereocenters. The second kappa shape index (κ2) is 3.99. The first-order valence-corrected chi connectivity index (χ1v) is 3.56. The van der Waals surface area contributed by atoms with Gasteiger partial charge in [0.25, 0.3) is 0 Å². The number of carboxylic acid groups (broad SMARTS) is 2. The molecule has 0 aromatic rings. The summed E-state index contributed by atoms with van der Waals surface area (Å²) in [5, 5.41) is 16.9. The first-order valence-electron chi connectivity index (χ1n) is 3.56. The topological polar surface area (TPSA) is 118 Å². The van der Waals surface area contributed by atoms with Crippen LogP contribution in [0.1, 0.15) is 19.8 Å². The van der Waals surface area contributed by atoms with Crippen LogP contribution in [0.15, 0.2) is 0 Å². The number of rotatable bonds is 5. The van der Waals surface area contributed by atoms with E-state index in [2.05, 4.69) is 0 Å². The summed E-state index contributed by atoms with van der Waals surface area (Å²) in [6, 6.07) is 0. The summed E-state index contributed by atoms with van der Waals surface area (Å²) in [5.74, 6) is -3.43. The van der Waals surface area contributed by atoms with Crippen LogP contribution in [0.3, 0.4) is 0 Å². The predicted octanol–water partition coefficient (Wildman–Crippen LogP) is -0.778. The van der Waals surface area contributed by atoms with Gasteiger partial charge in [-0.05, 0) is 13.3 Å². The fourth-order valence-electron chi connectivity index (χ4n) is 0.738. The van der Waals surface area contributed by atoms with Crippen LogP contribution in [0.2, 0.25) is 0 Å². The highest BCUT2D eigenvalue weighted by atomic mass is 16.4. The molecule has 0 radical (unpaired) electrons. The first kappa shape index (κ1) is 11.6. The molecule has 0 spiro atoms. The van der Waals surface area contributed by atoms with Gasteiger partial charge >= 0.3 is 11.9 Å². The van der Waals surface area contributed by atoms with Gasteiger partial charge in [0.05, 0.1) is 0 Å². The average Bonchev–Trinajstić information content (AvgIpc) is 1.99. The summed E-state index contributed by atoms with van der Waals surface area (Å²) in [4.78, 5) is 31.5. The minimum Gasteiger partial charge on any atom is -0.481 e. The van der Waals surface area contributed by atoms with Gasteiger partial charge in [-0.3, -0.25) is 9.59 Å². The van der Waals surface area contributed by atoms with E-state index in [0.717, 1.165) is 6.92 Å². The molecule has 0 saturated heterocycles. The van der Waals surface area contributed by atoms with Gasteiger partial charge in [-0.25, -0.2) is 4.79 Å². The molecule has 74 valence electrons. The van der Waals surface area contributed by atoms with Crippen molar-refractivity contribution in [3.8, 4) is 0 Å². The minimum atomic E-state index is -2.07. The average molecular weight is 189 g/mol. The maximum atomic E-state index is 10.8. The summed E-state index contributed by atoms with van der Waals surface area (Å²) < 4.78 is 0. The van der Waals surface area contributed by atoms with Gasteiger partial charge in [0.2, 0.25) is 0 Å². The second-order valence-corrected chi connectivity index (χ2v) is 2.73. The molecule has 0 aliphatic rings. The molecule has 0 aliphatic carbocycles. The number of carboxylic acids is 2. The smallest absolute Gasteiger partial charge is 0.331 e. The highest BCUT2D eigenvalue weighted by Gasteiger charge is 2.39. The normalized spacial score (nSPS) is 14.6. The number of carbonyl (C=O) groups excluding carboxylic acids is 1. The van der Waals surface area contributed by atoms with Gasteiger partial charge in [-0.2, -0.15) is 0 Å². The molecule has 0 aliphatic heterocycles. The molecule has 0 aromatic heterocycles. The summed E-state index contributed by atoms with van der Waals surface area (Å²) >= 11 is 0. The van der Waals surface area contributed by atoms with Crippen molar-refractivity contribution in [3.63, 3.8) is 0 Å². The van der Waals surface area contributed by atoms with Crippen LogP contribution < -0.4 is 5.73 Å². The van der Waals surface area contributed by atoms with Crippen molar-refractivity contribution >= 4 is 17.7 Å². The Labute approximate surface area is 74.3 Å². The molecule has 0 aromatic carbocycles. The lowest BCUT2D eigenvalue weighted by atomic mass is 9.91. The largest absolute Gasteiger partial charge is 0.481 e. The van der Waals surface area contributed by atoms with Crippen LogP contribution in [0.5, 0.6) is 0 Å². The fourth-order valence-corrected chi connectivity index (χ4v) is 0.738. The molecule has 0 saturated carbocycles. The zero-order valence-corrected chi connectivity index (χ0v) is 7.11. The lowest BCUT2D eigenvalue weighted by Gasteiger charge is -2.19. The molecular formula is C7H11NO5. The van der Waals surface area contributed by atoms with E-state index in [1.54, 1.807) is 0 Å². The first-order chi connectivity index (χ1) is 5.80. The lowest BCUT2D eigenvalue weighted by Crippen LogP contribution is -2.54. The highest BCUT2D eigenvalue weighted by molar-refractivity contribution is 6.06. The molecule has 0 bridgehead atoms. The molecular weight excluding hydrogens is 178 g/mol. The van der Waals surface area contributed by atoms with E-state index in [1.807, 2.05) is 0 Å². The third kappa shape index (κ3) is 2.83. The molecule has 0 heterocycles. The summed E-state index contributed by atoms with van der Waals surface area (Å²) in [6.45, 7) is 1.02. The zero-order valence-electron chi connectivity index (χ0n) is 7.11. The van der Waals surface area contributed by atoms with Crippen LogP contribution in [-0.4, -0.2) is 33.5 Å². The Kier molecular flexibility index (Phi) is 3.55. The Bertz CT molecular complexity index is 233. The third-order valence-corrected chi connectivity index (χ3v) is 1.74. The van der Waals surface area contributed by atoms with Crippen LogP contribution in [-0.2, 0) is 14.4 Å². The Morgan fingerprint density at radius 2 is 1.77 bits per heavy atom. The maximum absolute atomic E-state index is 10.8. The van der Waals surface area contributed by atoms with E-state index < -0.39 is 36.1 Å². The number of aliphatic carboxylic acids is 2. The highest BCUT2D eigenvalue weighted by Crippen LogP contribution is 2.11. The molecule has 6 nitrogen and oxygen atoms in total. The predicted molar refractivity (Wildman–Crippen MR) is 42.1 cm³/mol. The van der Waals surface area contributed by atoms with E-state index >= 15 is 0 Å². The van der Waals surface area contributed by atoms with Crippen molar-refractivity contribution in [1.82, 2.24) is 0 Å². The zero-order chi connectivity index (χ0) is 10.6. The van der Waals surface area contributed by atoms with Crippen LogP contribution in [0, 0.1) is 0 Å². The number of ketones is 1. The summed E-state index contributed by atoms with van der Waals surface area (Å²) in [5.41, 5.74) is 3.15. The fraction of sp³-hybridized carbons (Fsp3) is 0.571. The quantitative estimate of drug-likeness (QED) is 0.488. The van der Waals surface area contributed by atoms with Gasteiger partial charge in [-0.15, -0.1) is 0 Å². The lowest BCUT2D eigenvalue weighted by molar-refractivity contribution is -0.148. The number of Topliss-reactive ketones (excluding diaryl/α,β-unsaturated/α-hetero) is 1. The molecule has 6 heteroatoms. The Hall–Kier alpha value is -1.43. The third-order valence-electron chi connectivity index (χ3n) is 1.74. The molecule has 13 heavy (non-hydrogen) atoms. The van der Waals surface area contributed by atoms with Crippen molar-refractivity contribution in [2.75, 3.05) is 0 Å².